The molecule has 0 aliphatic heterocycles. The highest BCUT2D eigenvalue weighted by molar-refractivity contribution is 5.82. The Morgan fingerprint density at radius 1 is 1.21 bits per heavy atom. The standard InChI is InChI=1S/C16H23NO2/c1-3-5-10-18-12-14-13-8-6-7-9-15(13)19-16(14)11-17-4-2/h6-9,17H,3-5,10-12H2,1-2H3. The Bertz CT molecular complexity index is 504. The molecule has 1 aromatic heterocycles. The van der Waals surface area contributed by atoms with E-state index in [-0.39, 0.29) is 0 Å². The van der Waals surface area contributed by atoms with E-state index >= 15 is 0 Å². The van der Waals surface area contributed by atoms with Crippen molar-refractivity contribution >= 4 is 11.0 Å². The second kappa shape index (κ2) is 7.31. The summed E-state index contributed by atoms with van der Waals surface area (Å²) in [6.45, 7) is 7.42. The summed E-state index contributed by atoms with van der Waals surface area (Å²) in [5.74, 6) is 1.000. The van der Waals surface area contributed by atoms with E-state index < -0.39 is 0 Å². The van der Waals surface area contributed by atoms with Gasteiger partial charge < -0.3 is 14.5 Å². The first-order valence-electron chi connectivity index (χ1n) is 7.14. The minimum Gasteiger partial charge on any atom is -0.459 e. The SMILES string of the molecule is CCCCOCc1c(CNCC)oc2ccccc12. The van der Waals surface area contributed by atoms with Gasteiger partial charge in [0.1, 0.15) is 11.3 Å². The minimum atomic E-state index is 0.637. The van der Waals surface area contributed by atoms with Gasteiger partial charge in [0.05, 0.1) is 13.2 Å². The van der Waals surface area contributed by atoms with Crippen LogP contribution in [0, 0.1) is 0 Å². The fourth-order valence-electron chi connectivity index (χ4n) is 2.11. The van der Waals surface area contributed by atoms with Crippen LogP contribution in [-0.4, -0.2) is 13.2 Å². The smallest absolute Gasteiger partial charge is 0.134 e. The molecule has 0 radical (unpaired) electrons. The van der Waals surface area contributed by atoms with E-state index in [2.05, 4.69) is 25.2 Å². The van der Waals surface area contributed by atoms with Crippen molar-refractivity contribution in [1.82, 2.24) is 5.32 Å². The van der Waals surface area contributed by atoms with Gasteiger partial charge in [-0.3, -0.25) is 0 Å². The van der Waals surface area contributed by atoms with Crippen molar-refractivity contribution in [3.05, 3.63) is 35.6 Å². The number of hydrogen-bond donors (Lipinski definition) is 1. The average molecular weight is 261 g/mol. The summed E-state index contributed by atoms with van der Waals surface area (Å²) in [6, 6.07) is 8.17. The van der Waals surface area contributed by atoms with Crippen molar-refractivity contribution in [2.45, 2.75) is 39.8 Å². The van der Waals surface area contributed by atoms with Crippen LogP contribution in [0.5, 0.6) is 0 Å². The molecule has 3 nitrogen and oxygen atoms in total. The molecule has 1 heterocycles. The summed E-state index contributed by atoms with van der Waals surface area (Å²) in [7, 11) is 0. The third-order valence-electron chi connectivity index (χ3n) is 3.21. The van der Waals surface area contributed by atoms with E-state index in [9.17, 15) is 0 Å². The molecule has 0 aliphatic carbocycles. The highest BCUT2D eigenvalue weighted by Crippen LogP contribution is 2.26. The molecule has 0 bridgehead atoms. The molecule has 0 unspecified atom stereocenters. The van der Waals surface area contributed by atoms with Gasteiger partial charge in [-0.2, -0.15) is 0 Å². The molecular formula is C16H23NO2. The normalized spacial score (nSPS) is 11.3. The van der Waals surface area contributed by atoms with Crippen LogP contribution in [0.4, 0.5) is 0 Å². The first kappa shape index (κ1) is 14.1. The Labute approximate surface area is 114 Å². The maximum absolute atomic E-state index is 5.92. The van der Waals surface area contributed by atoms with Crippen LogP contribution >= 0.6 is 0 Å². The van der Waals surface area contributed by atoms with Crippen molar-refractivity contribution in [2.75, 3.05) is 13.2 Å². The predicted octanol–water partition coefficient (Wildman–Crippen LogP) is 3.86. The van der Waals surface area contributed by atoms with Crippen molar-refractivity contribution in [3.63, 3.8) is 0 Å². The molecule has 0 spiro atoms. The molecular weight excluding hydrogens is 238 g/mol. The maximum Gasteiger partial charge on any atom is 0.134 e. The second-order valence-corrected chi connectivity index (χ2v) is 4.69. The summed E-state index contributed by atoms with van der Waals surface area (Å²) in [4.78, 5) is 0. The molecule has 0 saturated heterocycles. The van der Waals surface area contributed by atoms with Crippen molar-refractivity contribution in [1.29, 1.82) is 0 Å². The van der Waals surface area contributed by atoms with Gasteiger partial charge in [-0.1, -0.05) is 38.5 Å². The number of benzene rings is 1. The second-order valence-electron chi connectivity index (χ2n) is 4.69. The van der Waals surface area contributed by atoms with Crippen LogP contribution in [0.3, 0.4) is 0 Å². The summed E-state index contributed by atoms with van der Waals surface area (Å²) in [5.41, 5.74) is 2.14. The molecule has 0 atom stereocenters. The van der Waals surface area contributed by atoms with Crippen LogP contribution in [0.15, 0.2) is 28.7 Å². The minimum absolute atomic E-state index is 0.637. The Morgan fingerprint density at radius 2 is 2.05 bits per heavy atom. The number of rotatable bonds is 8. The third kappa shape index (κ3) is 3.58. The van der Waals surface area contributed by atoms with Gasteiger partial charge >= 0.3 is 0 Å². The molecule has 0 fully saturated rings. The molecule has 19 heavy (non-hydrogen) atoms. The topological polar surface area (TPSA) is 34.4 Å². The number of unbranched alkanes of at least 4 members (excludes halogenated alkanes) is 1. The number of nitrogens with one attached hydrogen (secondary N) is 1. The van der Waals surface area contributed by atoms with E-state index in [1.807, 2.05) is 18.2 Å². The summed E-state index contributed by atoms with van der Waals surface area (Å²) in [5, 5.41) is 4.49. The van der Waals surface area contributed by atoms with Gasteiger partial charge in [0.15, 0.2) is 0 Å². The first-order valence-corrected chi connectivity index (χ1v) is 7.14. The van der Waals surface area contributed by atoms with E-state index in [4.69, 9.17) is 9.15 Å². The van der Waals surface area contributed by atoms with Crippen LogP contribution in [0.2, 0.25) is 0 Å². The van der Waals surface area contributed by atoms with Gasteiger partial charge in [0.2, 0.25) is 0 Å². The highest BCUT2D eigenvalue weighted by atomic mass is 16.5. The van der Waals surface area contributed by atoms with E-state index in [0.717, 1.165) is 43.9 Å². The zero-order chi connectivity index (χ0) is 13.5. The summed E-state index contributed by atoms with van der Waals surface area (Å²) >= 11 is 0. The third-order valence-corrected chi connectivity index (χ3v) is 3.21. The fraction of sp³-hybridized carbons (Fsp3) is 0.500. The lowest BCUT2D eigenvalue weighted by Gasteiger charge is -2.05. The Kier molecular flexibility index (Phi) is 5.43. The molecule has 2 aromatic rings. The number of furan rings is 1. The number of fused-ring (bicyclic) bond motifs is 1. The summed E-state index contributed by atoms with van der Waals surface area (Å²) in [6.07, 6.45) is 2.27. The first-order chi connectivity index (χ1) is 9.36. The maximum atomic E-state index is 5.92. The van der Waals surface area contributed by atoms with E-state index in [0.29, 0.717) is 6.61 Å². The Balaban J connectivity index is 2.16. The largest absolute Gasteiger partial charge is 0.459 e. The van der Waals surface area contributed by atoms with Crippen LogP contribution < -0.4 is 5.32 Å². The molecule has 1 N–H and O–H groups in total. The van der Waals surface area contributed by atoms with Crippen LogP contribution in [0.25, 0.3) is 11.0 Å². The summed E-state index contributed by atoms with van der Waals surface area (Å²) < 4.78 is 11.7. The zero-order valence-electron chi connectivity index (χ0n) is 11.9. The zero-order valence-corrected chi connectivity index (χ0v) is 11.9. The number of hydrogen-bond acceptors (Lipinski definition) is 3. The molecule has 104 valence electrons. The average Bonchev–Trinajstić information content (AvgIpc) is 2.79. The van der Waals surface area contributed by atoms with Crippen molar-refractivity contribution in [3.8, 4) is 0 Å². The molecule has 2 rings (SSSR count). The molecule has 0 amide bonds. The quantitative estimate of drug-likeness (QED) is 0.733. The van der Waals surface area contributed by atoms with Gasteiger partial charge in [-0.25, -0.2) is 0 Å². The van der Waals surface area contributed by atoms with Gasteiger partial charge in [0, 0.05) is 17.6 Å². The number of para-hydroxylation sites is 1. The molecule has 1 aromatic carbocycles. The van der Waals surface area contributed by atoms with Gasteiger partial charge in [-0.05, 0) is 19.0 Å². The molecule has 3 heteroatoms. The highest BCUT2D eigenvalue weighted by Gasteiger charge is 2.13. The lowest BCUT2D eigenvalue weighted by molar-refractivity contribution is 0.117. The lowest BCUT2D eigenvalue weighted by Crippen LogP contribution is -2.12. The van der Waals surface area contributed by atoms with Crippen molar-refractivity contribution < 1.29 is 9.15 Å². The van der Waals surface area contributed by atoms with Crippen LogP contribution in [-0.2, 0) is 17.9 Å². The predicted molar refractivity (Wildman–Crippen MR) is 78.2 cm³/mol. The molecule has 0 aliphatic rings. The fourth-order valence-corrected chi connectivity index (χ4v) is 2.11. The Hall–Kier alpha value is -1.32. The Morgan fingerprint density at radius 3 is 2.84 bits per heavy atom. The van der Waals surface area contributed by atoms with Crippen LogP contribution in [0.1, 0.15) is 38.0 Å². The monoisotopic (exact) mass is 261 g/mol. The number of ether oxygens (including phenoxy) is 1. The van der Waals surface area contributed by atoms with E-state index in [1.54, 1.807) is 0 Å². The lowest BCUT2D eigenvalue weighted by atomic mass is 10.1. The van der Waals surface area contributed by atoms with Crippen molar-refractivity contribution in [2.24, 2.45) is 0 Å². The van der Waals surface area contributed by atoms with Gasteiger partial charge in [0.25, 0.3) is 0 Å². The molecule has 0 saturated carbocycles. The van der Waals surface area contributed by atoms with E-state index in [1.165, 1.54) is 10.9 Å². The van der Waals surface area contributed by atoms with Gasteiger partial charge in [-0.15, -0.1) is 0 Å².